The van der Waals surface area contributed by atoms with Crippen molar-refractivity contribution >= 4 is 11.8 Å². The van der Waals surface area contributed by atoms with Crippen LogP contribution in [0.4, 0.5) is 0 Å². The lowest BCUT2D eigenvalue weighted by atomic mass is 10.1. The van der Waals surface area contributed by atoms with Crippen LogP contribution in [0.2, 0.25) is 0 Å². The van der Waals surface area contributed by atoms with Crippen LogP contribution in [-0.4, -0.2) is 20.1 Å². The molecule has 0 amide bonds. The Kier molecular flexibility index (Phi) is 5.79. The van der Waals surface area contributed by atoms with Crippen molar-refractivity contribution in [1.82, 2.24) is 15.0 Å². The third-order valence-corrected chi connectivity index (χ3v) is 5.12. The van der Waals surface area contributed by atoms with Gasteiger partial charge in [-0.3, -0.25) is 4.98 Å². The zero-order chi connectivity index (χ0) is 18.7. The van der Waals surface area contributed by atoms with Gasteiger partial charge in [0.05, 0.1) is 5.69 Å². The second kappa shape index (κ2) is 8.06. The van der Waals surface area contributed by atoms with Crippen LogP contribution in [-0.2, 0) is 6.42 Å². The maximum absolute atomic E-state index is 10.6. The molecule has 4 nitrogen and oxygen atoms in total. The number of aliphatic hydroxyl groups is 1. The molecule has 0 saturated carbocycles. The van der Waals surface area contributed by atoms with Gasteiger partial charge in [0, 0.05) is 23.2 Å². The van der Waals surface area contributed by atoms with Crippen LogP contribution in [0, 0.1) is 13.8 Å². The summed E-state index contributed by atoms with van der Waals surface area (Å²) in [5.74, 6) is 0.901. The van der Waals surface area contributed by atoms with Gasteiger partial charge < -0.3 is 10.1 Å². The summed E-state index contributed by atoms with van der Waals surface area (Å²) in [6.07, 6.45) is 1.49. The highest BCUT2D eigenvalue weighted by Gasteiger charge is 2.20. The van der Waals surface area contributed by atoms with E-state index in [0.29, 0.717) is 18.2 Å². The van der Waals surface area contributed by atoms with Crippen molar-refractivity contribution in [1.29, 1.82) is 0 Å². The standard InChI is InChI=1S/C21H25N3OS/c1-13(2)19-21(26-17-10-14(3)9-15(4)11-17)24-20(23-19)18(25)12-16-7-5-6-8-22-16/h5-11,13,18,25H,12H2,1-4H3,(H,23,24). The van der Waals surface area contributed by atoms with E-state index in [1.165, 1.54) is 16.0 Å². The average Bonchev–Trinajstić information content (AvgIpc) is 2.99. The van der Waals surface area contributed by atoms with Crippen LogP contribution in [0.15, 0.2) is 52.5 Å². The normalized spacial score (nSPS) is 12.5. The number of pyridine rings is 1. The topological polar surface area (TPSA) is 61.8 Å². The second-order valence-corrected chi connectivity index (χ2v) is 8.02. The molecule has 2 aromatic heterocycles. The predicted molar refractivity (Wildman–Crippen MR) is 106 cm³/mol. The average molecular weight is 368 g/mol. The first-order chi connectivity index (χ1) is 12.4. The van der Waals surface area contributed by atoms with E-state index in [4.69, 9.17) is 4.98 Å². The van der Waals surface area contributed by atoms with Crippen molar-refractivity contribution in [3.8, 4) is 0 Å². The smallest absolute Gasteiger partial charge is 0.137 e. The monoisotopic (exact) mass is 367 g/mol. The molecule has 1 unspecified atom stereocenters. The van der Waals surface area contributed by atoms with E-state index in [2.05, 4.69) is 55.9 Å². The Balaban J connectivity index is 1.86. The maximum Gasteiger partial charge on any atom is 0.137 e. The first-order valence-electron chi connectivity index (χ1n) is 8.86. The van der Waals surface area contributed by atoms with Crippen molar-refractivity contribution in [3.05, 3.63) is 70.9 Å². The number of aryl methyl sites for hydroxylation is 2. The molecule has 26 heavy (non-hydrogen) atoms. The minimum Gasteiger partial charge on any atom is -0.385 e. The fraction of sp³-hybridized carbons (Fsp3) is 0.333. The third kappa shape index (κ3) is 4.54. The van der Waals surface area contributed by atoms with Crippen LogP contribution in [0.3, 0.4) is 0 Å². The van der Waals surface area contributed by atoms with Crippen molar-refractivity contribution in [3.63, 3.8) is 0 Å². The summed E-state index contributed by atoms with van der Waals surface area (Å²) in [5.41, 5.74) is 4.39. The number of benzene rings is 1. The molecule has 3 rings (SSSR count). The summed E-state index contributed by atoms with van der Waals surface area (Å²) in [6.45, 7) is 8.47. The lowest BCUT2D eigenvalue weighted by Crippen LogP contribution is -2.05. The van der Waals surface area contributed by atoms with E-state index in [1.807, 2.05) is 18.2 Å². The SMILES string of the molecule is Cc1cc(C)cc(Sc2nc(C(O)Cc3ccccn3)[nH]c2C(C)C)c1. The van der Waals surface area contributed by atoms with Crippen molar-refractivity contribution < 1.29 is 5.11 Å². The number of hydrogen-bond donors (Lipinski definition) is 2. The summed E-state index contributed by atoms with van der Waals surface area (Å²) in [7, 11) is 0. The molecular formula is C21H25N3OS. The lowest BCUT2D eigenvalue weighted by molar-refractivity contribution is 0.167. The van der Waals surface area contributed by atoms with E-state index in [9.17, 15) is 5.11 Å². The van der Waals surface area contributed by atoms with Gasteiger partial charge in [0.1, 0.15) is 17.0 Å². The number of aromatic nitrogens is 3. The molecule has 136 valence electrons. The lowest BCUT2D eigenvalue weighted by Gasteiger charge is -2.07. The Labute approximate surface area is 159 Å². The van der Waals surface area contributed by atoms with Gasteiger partial charge >= 0.3 is 0 Å². The number of nitrogens with one attached hydrogen (secondary N) is 1. The van der Waals surface area contributed by atoms with Crippen LogP contribution in [0.25, 0.3) is 0 Å². The molecule has 0 saturated heterocycles. The molecule has 0 aliphatic heterocycles. The van der Waals surface area contributed by atoms with E-state index in [0.717, 1.165) is 16.4 Å². The van der Waals surface area contributed by atoms with E-state index in [-0.39, 0.29) is 0 Å². The van der Waals surface area contributed by atoms with Gasteiger partial charge in [0.15, 0.2) is 0 Å². The zero-order valence-corrected chi connectivity index (χ0v) is 16.5. The third-order valence-electron chi connectivity index (χ3n) is 4.15. The highest BCUT2D eigenvalue weighted by atomic mass is 32.2. The van der Waals surface area contributed by atoms with Crippen LogP contribution in [0.1, 0.15) is 54.2 Å². The number of aliphatic hydroxyl groups excluding tert-OH is 1. The Morgan fingerprint density at radius 3 is 2.46 bits per heavy atom. The van der Waals surface area contributed by atoms with Gasteiger partial charge in [-0.15, -0.1) is 0 Å². The van der Waals surface area contributed by atoms with Crippen molar-refractivity contribution in [2.24, 2.45) is 0 Å². The number of aromatic amines is 1. The number of imidazole rings is 1. The summed E-state index contributed by atoms with van der Waals surface area (Å²) in [5, 5.41) is 11.5. The fourth-order valence-corrected chi connectivity index (χ4v) is 4.19. The first kappa shape index (κ1) is 18.7. The fourth-order valence-electron chi connectivity index (χ4n) is 2.93. The van der Waals surface area contributed by atoms with Crippen LogP contribution >= 0.6 is 11.8 Å². The molecule has 0 fully saturated rings. The summed E-state index contributed by atoms with van der Waals surface area (Å²) in [4.78, 5) is 13.5. The number of hydrogen-bond acceptors (Lipinski definition) is 4. The molecule has 0 aliphatic rings. The highest BCUT2D eigenvalue weighted by Crippen LogP contribution is 2.34. The minimum atomic E-state index is -0.698. The Morgan fingerprint density at radius 2 is 1.85 bits per heavy atom. The highest BCUT2D eigenvalue weighted by molar-refractivity contribution is 7.99. The molecule has 0 aliphatic carbocycles. The van der Waals surface area contributed by atoms with Gasteiger partial charge in [0.2, 0.25) is 0 Å². The minimum absolute atomic E-state index is 0.298. The van der Waals surface area contributed by atoms with Gasteiger partial charge in [-0.25, -0.2) is 4.98 Å². The van der Waals surface area contributed by atoms with Gasteiger partial charge in [-0.1, -0.05) is 37.7 Å². The zero-order valence-electron chi connectivity index (χ0n) is 15.7. The van der Waals surface area contributed by atoms with Gasteiger partial charge in [0.25, 0.3) is 0 Å². The number of rotatable bonds is 6. The molecule has 3 aromatic rings. The summed E-state index contributed by atoms with van der Waals surface area (Å²) < 4.78 is 0. The molecule has 0 radical (unpaired) electrons. The van der Waals surface area contributed by atoms with E-state index >= 15 is 0 Å². The van der Waals surface area contributed by atoms with Crippen molar-refractivity contribution in [2.75, 3.05) is 0 Å². The second-order valence-electron chi connectivity index (χ2n) is 6.96. The predicted octanol–water partition coefficient (Wildman–Crippen LogP) is 4.97. The van der Waals surface area contributed by atoms with E-state index in [1.54, 1.807) is 18.0 Å². The Morgan fingerprint density at radius 1 is 1.12 bits per heavy atom. The van der Waals surface area contributed by atoms with Crippen molar-refractivity contribution in [2.45, 2.75) is 56.1 Å². The molecule has 0 spiro atoms. The molecule has 2 heterocycles. The number of H-pyrrole nitrogens is 1. The van der Waals surface area contributed by atoms with E-state index < -0.39 is 6.10 Å². The van der Waals surface area contributed by atoms with Gasteiger partial charge in [-0.2, -0.15) is 0 Å². The van der Waals surface area contributed by atoms with Crippen LogP contribution < -0.4 is 0 Å². The molecule has 0 bridgehead atoms. The Bertz CT molecular complexity index is 854. The van der Waals surface area contributed by atoms with Gasteiger partial charge in [-0.05, 0) is 55.2 Å². The quantitative estimate of drug-likeness (QED) is 0.645. The van der Waals surface area contributed by atoms with Crippen LogP contribution in [0.5, 0.6) is 0 Å². The molecule has 5 heteroatoms. The molecule has 2 N–H and O–H groups in total. The molecule has 1 aromatic carbocycles. The first-order valence-corrected chi connectivity index (χ1v) is 9.68. The number of nitrogens with zero attached hydrogens (tertiary/aromatic N) is 2. The molecular weight excluding hydrogens is 342 g/mol. The maximum atomic E-state index is 10.6. The largest absolute Gasteiger partial charge is 0.385 e. The Hall–Kier alpha value is -2.11. The summed E-state index contributed by atoms with van der Waals surface area (Å²) >= 11 is 1.65. The molecule has 1 atom stereocenters. The summed E-state index contributed by atoms with van der Waals surface area (Å²) in [6, 6.07) is 12.2.